The van der Waals surface area contributed by atoms with Crippen LogP contribution in [0.2, 0.25) is 0 Å². The highest BCUT2D eigenvalue weighted by atomic mass is 16.2. The standard InChI is InChI=1S/C14H17N3O3/c1-15-13(19)10-17(2)14(20)12-6-7-16-9-11(12)5-3-4-8-18/h6-7,9,18H,4,8,10H2,1-2H3,(H,15,19). The Kier molecular flexibility index (Phi) is 6.20. The third kappa shape index (κ3) is 4.37. The van der Waals surface area contributed by atoms with Crippen molar-refractivity contribution in [3.8, 4) is 11.8 Å². The average molecular weight is 275 g/mol. The monoisotopic (exact) mass is 275 g/mol. The number of carbonyl (C=O) groups is 2. The summed E-state index contributed by atoms with van der Waals surface area (Å²) < 4.78 is 0. The van der Waals surface area contributed by atoms with E-state index in [1.807, 2.05) is 0 Å². The van der Waals surface area contributed by atoms with Gasteiger partial charge in [-0.3, -0.25) is 14.6 Å². The maximum Gasteiger partial charge on any atom is 0.255 e. The van der Waals surface area contributed by atoms with Gasteiger partial charge in [0.1, 0.15) is 0 Å². The van der Waals surface area contributed by atoms with Crippen LogP contribution in [0.15, 0.2) is 18.5 Å². The molecule has 0 atom stereocenters. The SMILES string of the molecule is CNC(=O)CN(C)C(=O)c1ccncc1C#CCCO. The Balaban J connectivity index is 2.93. The third-order valence-electron chi connectivity index (χ3n) is 2.52. The van der Waals surface area contributed by atoms with E-state index < -0.39 is 0 Å². The number of aliphatic hydroxyl groups excluding tert-OH is 1. The van der Waals surface area contributed by atoms with E-state index in [4.69, 9.17) is 5.11 Å². The molecular formula is C14H17N3O3. The van der Waals surface area contributed by atoms with Crippen molar-refractivity contribution in [3.05, 3.63) is 29.6 Å². The molecule has 0 unspecified atom stereocenters. The number of likely N-dealkylation sites (N-methyl/N-ethyl adjacent to an activating group) is 2. The van der Waals surface area contributed by atoms with Gasteiger partial charge in [0.2, 0.25) is 5.91 Å². The zero-order valence-electron chi connectivity index (χ0n) is 11.5. The summed E-state index contributed by atoms with van der Waals surface area (Å²) in [5.74, 6) is 5.00. The lowest BCUT2D eigenvalue weighted by molar-refractivity contribution is -0.121. The van der Waals surface area contributed by atoms with Gasteiger partial charge in [-0.15, -0.1) is 0 Å². The van der Waals surface area contributed by atoms with Crippen LogP contribution in [-0.4, -0.2) is 54.1 Å². The molecule has 0 aromatic carbocycles. The van der Waals surface area contributed by atoms with E-state index in [0.29, 0.717) is 17.5 Å². The molecule has 6 nitrogen and oxygen atoms in total. The summed E-state index contributed by atoms with van der Waals surface area (Å²) in [6, 6.07) is 1.56. The fourth-order valence-corrected chi connectivity index (χ4v) is 1.47. The molecule has 1 aromatic heterocycles. The highest BCUT2D eigenvalue weighted by Gasteiger charge is 2.16. The van der Waals surface area contributed by atoms with E-state index in [0.717, 1.165) is 0 Å². The Morgan fingerprint density at radius 2 is 2.25 bits per heavy atom. The van der Waals surface area contributed by atoms with E-state index in [1.165, 1.54) is 24.3 Å². The smallest absolute Gasteiger partial charge is 0.255 e. The summed E-state index contributed by atoms with van der Waals surface area (Å²) in [5, 5.41) is 11.2. The van der Waals surface area contributed by atoms with Crippen molar-refractivity contribution in [2.45, 2.75) is 6.42 Å². The molecule has 106 valence electrons. The molecule has 20 heavy (non-hydrogen) atoms. The molecule has 0 aliphatic rings. The van der Waals surface area contributed by atoms with Crippen molar-refractivity contribution >= 4 is 11.8 Å². The van der Waals surface area contributed by atoms with Gasteiger partial charge >= 0.3 is 0 Å². The number of hydrogen-bond donors (Lipinski definition) is 2. The summed E-state index contributed by atoms with van der Waals surface area (Å²) in [6.45, 7) is -0.0612. The van der Waals surface area contributed by atoms with E-state index >= 15 is 0 Å². The second-order valence-corrected chi connectivity index (χ2v) is 4.03. The summed E-state index contributed by atoms with van der Waals surface area (Å²) in [5.41, 5.74) is 0.867. The van der Waals surface area contributed by atoms with Crippen LogP contribution in [0.1, 0.15) is 22.3 Å². The fourth-order valence-electron chi connectivity index (χ4n) is 1.47. The van der Waals surface area contributed by atoms with Gasteiger partial charge in [-0.2, -0.15) is 0 Å². The maximum absolute atomic E-state index is 12.3. The Hall–Kier alpha value is -2.39. The van der Waals surface area contributed by atoms with Crippen molar-refractivity contribution < 1.29 is 14.7 Å². The lowest BCUT2D eigenvalue weighted by Crippen LogP contribution is -2.37. The number of aliphatic hydroxyl groups is 1. The van der Waals surface area contributed by atoms with Crippen LogP contribution >= 0.6 is 0 Å². The maximum atomic E-state index is 12.3. The van der Waals surface area contributed by atoms with Crippen LogP contribution in [0.25, 0.3) is 0 Å². The number of carbonyl (C=O) groups excluding carboxylic acids is 2. The Morgan fingerprint density at radius 3 is 2.90 bits per heavy atom. The number of rotatable bonds is 4. The second kappa shape index (κ2) is 7.92. The van der Waals surface area contributed by atoms with Crippen LogP contribution in [-0.2, 0) is 4.79 Å². The zero-order chi connectivity index (χ0) is 15.0. The van der Waals surface area contributed by atoms with E-state index in [1.54, 1.807) is 13.1 Å². The number of hydrogen-bond acceptors (Lipinski definition) is 4. The van der Waals surface area contributed by atoms with E-state index in [-0.39, 0.29) is 25.0 Å². The van der Waals surface area contributed by atoms with Crippen LogP contribution in [0.3, 0.4) is 0 Å². The van der Waals surface area contributed by atoms with Gasteiger partial charge in [-0.05, 0) is 6.07 Å². The number of pyridine rings is 1. The minimum atomic E-state index is -0.302. The summed E-state index contributed by atoms with van der Waals surface area (Å²) >= 11 is 0. The molecular weight excluding hydrogens is 258 g/mol. The largest absolute Gasteiger partial charge is 0.395 e. The predicted molar refractivity (Wildman–Crippen MR) is 73.8 cm³/mol. The summed E-state index contributed by atoms with van der Waals surface area (Å²) in [6.07, 6.45) is 3.32. The van der Waals surface area contributed by atoms with Crippen molar-refractivity contribution in [2.24, 2.45) is 0 Å². The van der Waals surface area contributed by atoms with Gasteiger partial charge in [-0.25, -0.2) is 0 Å². The first kappa shape index (κ1) is 15.7. The molecule has 0 saturated carbocycles. The van der Waals surface area contributed by atoms with Gasteiger partial charge in [0, 0.05) is 32.9 Å². The second-order valence-electron chi connectivity index (χ2n) is 4.03. The fraction of sp³-hybridized carbons (Fsp3) is 0.357. The lowest BCUT2D eigenvalue weighted by Gasteiger charge is -2.16. The van der Waals surface area contributed by atoms with Crippen molar-refractivity contribution in [1.29, 1.82) is 0 Å². The van der Waals surface area contributed by atoms with Crippen LogP contribution in [0.5, 0.6) is 0 Å². The van der Waals surface area contributed by atoms with Gasteiger partial charge in [0.05, 0.1) is 24.3 Å². The molecule has 0 bridgehead atoms. The highest BCUT2D eigenvalue weighted by molar-refractivity contribution is 5.98. The van der Waals surface area contributed by atoms with Crippen molar-refractivity contribution in [3.63, 3.8) is 0 Å². The molecule has 1 aromatic rings. The molecule has 0 spiro atoms. The zero-order valence-corrected chi connectivity index (χ0v) is 11.5. The minimum absolute atomic E-state index is 0.0266. The topological polar surface area (TPSA) is 82.5 Å². The molecule has 0 saturated heterocycles. The molecule has 6 heteroatoms. The molecule has 0 fully saturated rings. The Morgan fingerprint density at radius 1 is 1.50 bits per heavy atom. The minimum Gasteiger partial charge on any atom is -0.395 e. The Labute approximate surface area is 117 Å². The third-order valence-corrected chi connectivity index (χ3v) is 2.52. The molecule has 1 rings (SSSR count). The van der Waals surface area contributed by atoms with E-state index in [2.05, 4.69) is 22.1 Å². The first-order valence-electron chi connectivity index (χ1n) is 6.10. The van der Waals surface area contributed by atoms with Gasteiger partial charge < -0.3 is 15.3 Å². The quantitative estimate of drug-likeness (QED) is 0.735. The summed E-state index contributed by atoms with van der Waals surface area (Å²) in [4.78, 5) is 28.8. The van der Waals surface area contributed by atoms with Crippen LogP contribution in [0, 0.1) is 11.8 Å². The number of amides is 2. The normalized spacial score (nSPS) is 9.35. The van der Waals surface area contributed by atoms with Crippen LogP contribution in [0.4, 0.5) is 0 Å². The molecule has 0 aliphatic heterocycles. The number of nitrogens with zero attached hydrogens (tertiary/aromatic N) is 2. The van der Waals surface area contributed by atoms with Gasteiger partial charge in [-0.1, -0.05) is 11.8 Å². The average Bonchev–Trinajstić information content (AvgIpc) is 2.47. The predicted octanol–water partition coefficient (Wildman–Crippen LogP) is -0.367. The van der Waals surface area contributed by atoms with E-state index in [9.17, 15) is 9.59 Å². The number of nitrogens with one attached hydrogen (secondary N) is 1. The molecule has 0 aliphatic carbocycles. The molecule has 0 radical (unpaired) electrons. The molecule has 2 N–H and O–H groups in total. The first-order valence-corrected chi connectivity index (χ1v) is 6.10. The lowest BCUT2D eigenvalue weighted by atomic mass is 10.1. The Bertz CT molecular complexity index is 546. The van der Waals surface area contributed by atoms with Crippen molar-refractivity contribution in [2.75, 3.05) is 27.2 Å². The molecule has 2 amide bonds. The highest BCUT2D eigenvalue weighted by Crippen LogP contribution is 2.08. The van der Waals surface area contributed by atoms with Gasteiger partial charge in [0.25, 0.3) is 5.91 Å². The molecule has 1 heterocycles. The van der Waals surface area contributed by atoms with Gasteiger partial charge in [0.15, 0.2) is 0 Å². The van der Waals surface area contributed by atoms with Crippen molar-refractivity contribution in [1.82, 2.24) is 15.2 Å². The first-order chi connectivity index (χ1) is 9.60. The van der Waals surface area contributed by atoms with Crippen LogP contribution < -0.4 is 5.32 Å². The summed E-state index contributed by atoms with van der Waals surface area (Å²) in [7, 11) is 3.06. The number of aromatic nitrogens is 1.